The SMILES string of the molecule is COc1cc(CCC(=O)OCC(=O)N2CCN(C(=O)Nc3ccccc3)CC2)cc(OC)c1. The van der Waals surface area contributed by atoms with Crippen LogP contribution in [-0.2, 0) is 20.7 Å². The zero-order valence-corrected chi connectivity index (χ0v) is 18.9. The molecule has 176 valence electrons. The minimum absolute atomic E-state index is 0.136. The highest BCUT2D eigenvalue weighted by Gasteiger charge is 2.24. The molecule has 0 aromatic heterocycles. The number of piperazine rings is 1. The summed E-state index contributed by atoms with van der Waals surface area (Å²) in [7, 11) is 3.13. The number of para-hydroxylation sites is 1. The second-order valence-electron chi connectivity index (χ2n) is 7.55. The minimum atomic E-state index is -0.453. The number of amides is 3. The van der Waals surface area contributed by atoms with E-state index in [1.54, 1.807) is 30.1 Å². The van der Waals surface area contributed by atoms with Gasteiger partial charge in [-0.3, -0.25) is 9.59 Å². The zero-order valence-electron chi connectivity index (χ0n) is 18.9. The van der Waals surface area contributed by atoms with Crippen molar-refractivity contribution in [3.63, 3.8) is 0 Å². The quantitative estimate of drug-likeness (QED) is 0.615. The van der Waals surface area contributed by atoms with Gasteiger partial charge >= 0.3 is 12.0 Å². The molecule has 0 radical (unpaired) electrons. The molecular formula is C24H29N3O6. The molecule has 3 rings (SSSR count). The molecule has 1 N–H and O–H groups in total. The number of nitrogens with one attached hydrogen (secondary N) is 1. The lowest BCUT2D eigenvalue weighted by Crippen LogP contribution is -2.52. The second-order valence-corrected chi connectivity index (χ2v) is 7.55. The van der Waals surface area contributed by atoms with E-state index < -0.39 is 5.97 Å². The van der Waals surface area contributed by atoms with Crippen LogP contribution in [-0.4, -0.2) is 74.7 Å². The van der Waals surface area contributed by atoms with E-state index in [-0.39, 0.29) is 25.0 Å². The van der Waals surface area contributed by atoms with Gasteiger partial charge in [-0.1, -0.05) is 18.2 Å². The first kappa shape index (κ1) is 23.9. The third-order valence-corrected chi connectivity index (χ3v) is 5.33. The molecule has 33 heavy (non-hydrogen) atoms. The maximum atomic E-state index is 12.4. The average Bonchev–Trinajstić information content (AvgIpc) is 2.86. The van der Waals surface area contributed by atoms with Gasteiger partial charge < -0.3 is 29.3 Å². The molecule has 0 unspecified atom stereocenters. The second kappa shape index (κ2) is 11.8. The van der Waals surface area contributed by atoms with E-state index in [1.165, 1.54) is 0 Å². The maximum absolute atomic E-state index is 12.4. The number of anilines is 1. The number of aryl methyl sites for hydroxylation is 1. The number of carbonyl (C=O) groups is 3. The number of methoxy groups -OCH3 is 2. The molecule has 2 aromatic carbocycles. The van der Waals surface area contributed by atoms with Crippen LogP contribution in [0.15, 0.2) is 48.5 Å². The Morgan fingerprint density at radius 1 is 0.879 bits per heavy atom. The third kappa shape index (κ3) is 7.13. The molecule has 0 saturated carbocycles. The smallest absolute Gasteiger partial charge is 0.321 e. The van der Waals surface area contributed by atoms with Gasteiger partial charge in [-0.2, -0.15) is 0 Å². The maximum Gasteiger partial charge on any atom is 0.321 e. The van der Waals surface area contributed by atoms with Crippen molar-refractivity contribution in [3.8, 4) is 11.5 Å². The Hall–Kier alpha value is -3.75. The van der Waals surface area contributed by atoms with Crippen molar-refractivity contribution in [2.24, 2.45) is 0 Å². The molecule has 9 heteroatoms. The highest BCUT2D eigenvalue weighted by molar-refractivity contribution is 5.89. The van der Waals surface area contributed by atoms with Crippen molar-refractivity contribution in [2.45, 2.75) is 12.8 Å². The lowest BCUT2D eigenvalue weighted by Gasteiger charge is -2.34. The molecule has 1 aliphatic heterocycles. The summed E-state index contributed by atoms with van der Waals surface area (Å²) < 4.78 is 15.6. The molecular weight excluding hydrogens is 426 g/mol. The van der Waals surface area contributed by atoms with Crippen LogP contribution in [0.1, 0.15) is 12.0 Å². The number of benzene rings is 2. The number of rotatable bonds is 8. The number of esters is 1. The predicted molar refractivity (Wildman–Crippen MR) is 122 cm³/mol. The molecule has 2 aromatic rings. The van der Waals surface area contributed by atoms with E-state index in [4.69, 9.17) is 14.2 Å². The molecule has 9 nitrogen and oxygen atoms in total. The lowest BCUT2D eigenvalue weighted by atomic mass is 10.1. The van der Waals surface area contributed by atoms with Gasteiger partial charge in [0.25, 0.3) is 5.91 Å². The van der Waals surface area contributed by atoms with Crippen LogP contribution < -0.4 is 14.8 Å². The van der Waals surface area contributed by atoms with Crippen molar-refractivity contribution in [1.82, 2.24) is 9.80 Å². The number of nitrogens with zero attached hydrogens (tertiary/aromatic N) is 2. The van der Waals surface area contributed by atoms with Crippen LogP contribution in [0.3, 0.4) is 0 Å². The molecule has 0 aliphatic carbocycles. The standard InChI is InChI=1S/C24H29N3O6/c1-31-20-14-18(15-21(16-20)32-2)8-9-23(29)33-17-22(28)26-10-12-27(13-11-26)24(30)25-19-6-4-3-5-7-19/h3-7,14-16H,8-13,17H2,1-2H3,(H,25,30). The summed E-state index contributed by atoms with van der Waals surface area (Å²) in [6.45, 7) is 1.30. The first-order valence-electron chi connectivity index (χ1n) is 10.7. The zero-order chi connectivity index (χ0) is 23.6. The third-order valence-electron chi connectivity index (χ3n) is 5.33. The summed E-state index contributed by atoms with van der Waals surface area (Å²) in [4.78, 5) is 40.1. The number of hydrogen-bond donors (Lipinski definition) is 1. The van der Waals surface area contributed by atoms with Crippen molar-refractivity contribution in [3.05, 3.63) is 54.1 Å². The van der Waals surface area contributed by atoms with Crippen LogP contribution in [0.4, 0.5) is 10.5 Å². The van der Waals surface area contributed by atoms with Crippen LogP contribution in [0.25, 0.3) is 0 Å². The van der Waals surface area contributed by atoms with Gasteiger partial charge in [0.1, 0.15) is 11.5 Å². The fraction of sp³-hybridized carbons (Fsp3) is 0.375. The fourth-order valence-electron chi connectivity index (χ4n) is 3.45. The van der Waals surface area contributed by atoms with E-state index in [9.17, 15) is 14.4 Å². The number of urea groups is 1. The minimum Gasteiger partial charge on any atom is -0.497 e. The average molecular weight is 456 g/mol. The van der Waals surface area contributed by atoms with E-state index in [2.05, 4.69) is 5.32 Å². The van der Waals surface area contributed by atoms with E-state index in [1.807, 2.05) is 42.5 Å². The van der Waals surface area contributed by atoms with Gasteiger partial charge in [-0.05, 0) is 36.2 Å². The topological polar surface area (TPSA) is 97.4 Å². The van der Waals surface area contributed by atoms with Gasteiger partial charge in [-0.25, -0.2) is 4.79 Å². The summed E-state index contributed by atoms with van der Waals surface area (Å²) in [6.07, 6.45) is 0.576. The van der Waals surface area contributed by atoms with E-state index in [0.29, 0.717) is 44.1 Å². The first-order chi connectivity index (χ1) is 16.0. The van der Waals surface area contributed by atoms with Crippen molar-refractivity contribution in [2.75, 3.05) is 52.3 Å². The van der Waals surface area contributed by atoms with Crippen molar-refractivity contribution < 1.29 is 28.6 Å². The molecule has 0 bridgehead atoms. The van der Waals surface area contributed by atoms with Gasteiger partial charge in [0.2, 0.25) is 0 Å². The molecule has 3 amide bonds. The lowest BCUT2D eigenvalue weighted by molar-refractivity contribution is -0.152. The Kier molecular flexibility index (Phi) is 8.51. The van der Waals surface area contributed by atoms with Gasteiger partial charge in [0, 0.05) is 44.4 Å². The van der Waals surface area contributed by atoms with Gasteiger partial charge in [0.15, 0.2) is 6.61 Å². The highest BCUT2D eigenvalue weighted by atomic mass is 16.5. The Balaban J connectivity index is 1.38. The normalized spacial score (nSPS) is 13.3. The Labute approximate surface area is 193 Å². The largest absolute Gasteiger partial charge is 0.497 e. The monoisotopic (exact) mass is 455 g/mol. The van der Waals surface area contributed by atoms with Crippen LogP contribution in [0.2, 0.25) is 0 Å². The van der Waals surface area contributed by atoms with Gasteiger partial charge in [0.05, 0.1) is 14.2 Å². The highest BCUT2D eigenvalue weighted by Crippen LogP contribution is 2.23. The van der Waals surface area contributed by atoms with E-state index >= 15 is 0 Å². The van der Waals surface area contributed by atoms with Crippen molar-refractivity contribution >= 4 is 23.6 Å². The van der Waals surface area contributed by atoms with Crippen LogP contribution in [0.5, 0.6) is 11.5 Å². The molecule has 0 atom stereocenters. The summed E-state index contributed by atoms with van der Waals surface area (Å²) >= 11 is 0. The summed E-state index contributed by atoms with van der Waals surface area (Å²) in [5.74, 6) is 0.564. The molecule has 1 aliphatic rings. The fourth-order valence-corrected chi connectivity index (χ4v) is 3.45. The molecule has 1 saturated heterocycles. The number of hydrogen-bond acceptors (Lipinski definition) is 6. The Morgan fingerprint density at radius 2 is 1.48 bits per heavy atom. The summed E-state index contributed by atoms with van der Waals surface area (Å²) in [5.41, 5.74) is 1.60. The Morgan fingerprint density at radius 3 is 2.09 bits per heavy atom. The van der Waals surface area contributed by atoms with Crippen LogP contribution >= 0.6 is 0 Å². The Bertz CT molecular complexity index is 936. The molecule has 1 fully saturated rings. The predicted octanol–water partition coefficient (Wildman–Crippen LogP) is 2.56. The molecule has 1 heterocycles. The van der Waals surface area contributed by atoms with Crippen molar-refractivity contribution in [1.29, 1.82) is 0 Å². The number of carbonyl (C=O) groups excluding carboxylic acids is 3. The summed E-state index contributed by atoms with van der Waals surface area (Å²) in [6, 6.07) is 14.4. The van der Waals surface area contributed by atoms with E-state index in [0.717, 1.165) is 11.3 Å². The number of ether oxygens (including phenoxy) is 3. The molecule has 0 spiro atoms. The first-order valence-corrected chi connectivity index (χ1v) is 10.7. The summed E-state index contributed by atoms with van der Waals surface area (Å²) in [5, 5.41) is 2.84. The van der Waals surface area contributed by atoms with Crippen LogP contribution in [0, 0.1) is 0 Å². The van der Waals surface area contributed by atoms with Gasteiger partial charge in [-0.15, -0.1) is 0 Å².